The molecule has 0 aromatic heterocycles. The van der Waals surface area contributed by atoms with Gasteiger partial charge in [-0.2, -0.15) is 0 Å². The molecule has 3 N–H and O–H groups in total. The van der Waals surface area contributed by atoms with Gasteiger partial charge in [-0.05, 0) is 48.6 Å². The van der Waals surface area contributed by atoms with Crippen molar-refractivity contribution < 1.29 is 4.79 Å². The van der Waals surface area contributed by atoms with Crippen molar-refractivity contribution in [3.8, 4) is 0 Å². The Balaban J connectivity index is 2.31. The van der Waals surface area contributed by atoms with Gasteiger partial charge in [0.25, 0.3) is 0 Å². The topological polar surface area (TPSA) is 55.1 Å². The molecule has 0 unspecified atom stereocenters. The molecule has 0 atom stereocenters. The van der Waals surface area contributed by atoms with E-state index in [9.17, 15) is 4.79 Å². The van der Waals surface area contributed by atoms with Crippen molar-refractivity contribution in [2.75, 3.05) is 11.1 Å². The van der Waals surface area contributed by atoms with Gasteiger partial charge in [0.05, 0.1) is 0 Å². The number of amides is 1. The summed E-state index contributed by atoms with van der Waals surface area (Å²) in [5.41, 5.74) is 9.96. The highest BCUT2D eigenvalue weighted by atomic mass is 16.1. The number of benzene rings is 1. The summed E-state index contributed by atoms with van der Waals surface area (Å²) in [5.74, 6) is -0.202. The number of aryl methyl sites for hydroxylation is 1. The molecule has 1 amide bonds. The Bertz CT molecular complexity index is 424. The van der Waals surface area contributed by atoms with E-state index in [-0.39, 0.29) is 5.91 Å². The van der Waals surface area contributed by atoms with Crippen LogP contribution < -0.4 is 11.1 Å². The number of nitrogens with one attached hydrogen (secondary N) is 1. The van der Waals surface area contributed by atoms with E-state index < -0.39 is 0 Å². The molecule has 0 saturated carbocycles. The Morgan fingerprint density at radius 2 is 2.27 bits per heavy atom. The molecular formula is C12H14N2O. The van der Waals surface area contributed by atoms with Crippen LogP contribution in [0, 0.1) is 0 Å². The average Bonchev–Trinajstić information content (AvgIpc) is 2.66. The van der Waals surface area contributed by atoms with E-state index in [1.165, 1.54) is 17.2 Å². The summed E-state index contributed by atoms with van der Waals surface area (Å²) >= 11 is 0. The SMILES string of the molecule is C=CC(=O)Nc1cc(N)c2c(c1)CCC2. The third-order valence-electron chi connectivity index (χ3n) is 2.70. The van der Waals surface area contributed by atoms with Crippen molar-refractivity contribution in [3.63, 3.8) is 0 Å². The van der Waals surface area contributed by atoms with Crippen LogP contribution in [-0.4, -0.2) is 5.91 Å². The molecule has 0 heterocycles. The Morgan fingerprint density at radius 1 is 1.47 bits per heavy atom. The number of nitrogens with two attached hydrogens (primary N) is 1. The smallest absolute Gasteiger partial charge is 0.247 e. The van der Waals surface area contributed by atoms with Gasteiger partial charge >= 0.3 is 0 Å². The minimum absolute atomic E-state index is 0.202. The molecule has 3 heteroatoms. The van der Waals surface area contributed by atoms with E-state index in [0.717, 1.165) is 30.6 Å². The second-order valence-corrected chi connectivity index (χ2v) is 3.75. The highest BCUT2D eigenvalue weighted by Crippen LogP contribution is 2.30. The normalized spacial score (nSPS) is 13.3. The minimum Gasteiger partial charge on any atom is -0.398 e. The van der Waals surface area contributed by atoms with Gasteiger partial charge < -0.3 is 11.1 Å². The lowest BCUT2D eigenvalue weighted by Crippen LogP contribution is -2.08. The van der Waals surface area contributed by atoms with Crippen LogP contribution in [0.3, 0.4) is 0 Å². The summed E-state index contributed by atoms with van der Waals surface area (Å²) in [6.07, 6.45) is 4.51. The van der Waals surface area contributed by atoms with Crippen LogP contribution in [0.5, 0.6) is 0 Å². The van der Waals surface area contributed by atoms with Crippen molar-refractivity contribution >= 4 is 17.3 Å². The molecule has 1 aliphatic rings. The second kappa shape index (κ2) is 3.77. The molecule has 1 aliphatic carbocycles. The molecule has 78 valence electrons. The summed E-state index contributed by atoms with van der Waals surface area (Å²) < 4.78 is 0. The first-order valence-electron chi connectivity index (χ1n) is 5.05. The largest absolute Gasteiger partial charge is 0.398 e. The first kappa shape index (κ1) is 9.77. The second-order valence-electron chi connectivity index (χ2n) is 3.75. The van der Waals surface area contributed by atoms with Crippen LogP contribution in [0.15, 0.2) is 24.8 Å². The lowest BCUT2D eigenvalue weighted by molar-refractivity contribution is -0.111. The molecule has 0 saturated heterocycles. The fourth-order valence-corrected chi connectivity index (χ4v) is 2.01. The van der Waals surface area contributed by atoms with Crippen molar-refractivity contribution in [1.82, 2.24) is 0 Å². The number of carbonyl (C=O) groups is 1. The number of hydrogen-bond donors (Lipinski definition) is 2. The van der Waals surface area contributed by atoms with Crippen LogP contribution in [0.25, 0.3) is 0 Å². The van der Waals surface area contributed by atoms with Crippen LogP contribution in [-0.2, 0) is 17.6 Å². The molecule has 1 aromatic carbocycles. The fourth-order valence-electron chi connectivity index (χ4n) is 2.01. The standard InChI is InChI=1S/C12H14N2O/c1-2-12(15)14-9-6-8-4-3-5-10(8)11(13)7-9/h2,6-7H,1,3-5,13H2,(H,14,15). The lowest BCUT2D eigenvalue weighted by Gasteiger charge is -2.08. The van der Waals surface area contributed by atoms with Gasteiger partial charge in [-0.25, -0.2) is 0 Å². The Hall–Kier alpha value is -1.77. The molecule has 0 aliphatic heterocycles. The van der Waals surface area contributed by atoms with Crippen LogP contribution >= 0.6 is 0 Å². The van der Waals surface area contributed by atoms with Gasteiger partial charge in [0, 0.05) is 11.4 Å². The highest BCUT2D eigenvalue weighted by Gasteiger charge is 2.14. The maximum atomic E-state index is 11.1. The van der Waals surface area contributed by atoms with Gasteiger partial charge in [0.1, 0.15) is 0 Å². The highest BCUT2D eigenvalue weighted by molar-refractivity contribution is 5.99. The molecule has 0 spiro atoms. The molecule has 0 fully saturated rings. The number of rotatable bonds is 2. The van der Waals surface area contributed by atoms with Crippen molar-refractivity contribution in [2.45, 2.75) is 19.3 Å². The molecular weight excluding hydrogens is 188 g/mol. The fraction of sp³-hybridized carbons (Fsp3) is 0.250. The first-order valence-corrected chi connectivity index (χ1v) is 5.05. The van der Waals surface area contributed by atoms with Gasteiger partial charge in [0.15, 0.2) is 0 Å². The summed E-state index contributed by atoms with van der Waals surface area (Å²) in [5, 5.41) is 2.73. The summed E-state index contributed by atoms with van der Waals surface area (Å²) in [6, 6.07) is 3.81. The number of carbonyl (C=O) groups excluding carboxylic acids is 1. The third-order valence-corrected chi connectivity index (χ3v) is 2.70. The predicted molar refractivity (Wildman–Crippen MR) is 61.7 cm³/mol. The lowest BCUT2D eigenvalue weighted by atomic mass is 10.1. The van der Waals surface area contributed by atoms with Gasteiger partial charge in [-0.1, -0.05) is 6.58 Å². The van der Waals surface area contributed by atoms with Crippen molar-refractivity contribution in [1.29, 1.82) is 0 Å². The van der Waals surface area contributed by atoms with E-state index >= 15 is 0 Å². The first-order chi connectivity index (χ1) is 7.20. The van der Waals surface area contributed by atoms with Crippen molar-refractivity contribution in [3.05, 3.63) is 35.9 Å². The maximum Gasteiger partial charge on any atom is 0.247 e. The number of anilines is 2. The number of nitrogen functional groups attached to an aromatic ring is 1. The summed E-state index contributed by atoms with van der Waals surface area (Å²) in [7, 11) is 0. The molecule has 15 heavy (non-hydrogen) atoms. The van der Waals surface area contributed by atoms with Crippen LogP contribution in [0.1, 0.15) is 17.5 Å². The van der Waals surface area contributed by atoms with Gasteiger partial charge in [-0.15, -0.1) is 0 Å². The van der Waals surface area contributed by atoms with E-state index in [4.69, 9.17) is 5.73 Å². The minimum atomic E-state index is -0.202. The Kier molecular flexibility index (Phi) is 2.46. The van der Waals surface area contributed by atoms with E-state index in [1.807, 2.05) is 12.1 Å². The van der Waals surface area contributed by atoms with E-state index in [1.54, 1.807) is 0 Å². The van der Waals surface area contributed by atoms with Crippen LogP contribution in [0.4, 0.5) is 11.4 Å². The zero-order valence-corrected chi connectivity index (χ0v) is 8.55. The maximum absolute atomic E-state index is 11.1. The zero-order valence-electron chi connectivity index (χ0n) is 8.55. The van der Waals surface area contributed by atoms with Crippen molar-refractivity contribution in [2.24, 2.45) is 0 Å². The quantitative estimate of drug-likeness (QED) is 0.568. The van der Waals surface area contributed by atoms with E-state index in [2.05, 4.69) is 11.9 Å². The Labute approximate surface area is 89.0 Å². The summed E-state index contributed by atoms with van der Waals surface area (Å²) in [4.78, 5) is 11.1. The predicted octanol–water partition coefficient (Wildman–Crippen LogP) is 1.88. The molecule has 0 radical (unpaired) electrons. The zero-order chi connectivity index (χ0) is 10.8. The Morgan fingerprint density at radius 3 is 3.00 bits per heavy atom. The molecule has 1 aromatic rings. The molecule has 3 nitrogen and oxygen atoms in total. The molecule has 0 bridgehead atoms. The van der Waals surface area contributed by atoms with E-state index in [0.29, 0.717) is 0 Å². The number of hydrogen-bond acceptors (Lipinski definition) is 2. The summed E-state index contributed by atoms with van der Waals surface area (Å²) in [6.45, 7) is 3.41. The number of fused-ring (bicyclic) bond motifs is 1. The molecule has 2 rings (SSSR count). The van der Waals surface area contributed by atoms with Crippen LogP contribution in [0.2, 0.25) is 0 Å². The average molecular weight is 202 g/mol. The van der Waals surface area contributed by atoms with Gasteiger partial charge in [-0.3, -0.25) is 4.79 Å². The van der Waals surface area contributed by atoms with Gasteiger partial charge in [0.2, 0.25) is 5.91 Å². The monoisotopic (exact) mass is 202 g/mol. The third kappa shape index (κ3) is 1.86.